The van der Waals surface area contributed by atoms with Crippen LogP contribution in [-0.4, -0.2) is 75.9 Å². The number of carbonyl (C=O) groups excluding carboxylic acids is 2. The Balaban J connectivity index is 1.77. The summed E-state index contributed by atoms with van der Waals surface area (Å²) >= 11 is 1.66. The summed E-state index contributed by atoms with van der Waals surface area (Å²) < 4.78 is 21.7. The molecule has 0 saturated carbocycles. The Morgan fingerprint density at radius 1 is 0.900 bits per heavy atom. The molecule has 0 saturated heterocycles. The number of anilines is 1. The first-order valence-electron chi connectivity index (χ1n) is 13.2. The van der Waals surface area contributed by atoms with E-state index < -0.39 is 6.03 Å². The van der Waals surface area contributed by atoms with Gasteiger partial charge in [-0.2, -0.15) is 0 Å². The molecule has 3 amide bonds. The molecule has 1 aromatic heterocycles. The van der Waals surface area contributed by atoms with Crippen molar-refractivity contribution in [2.45, 2.75) is 26.8 Å². The summed E-state index contributed by atoms with van der Waals surface area (Å²) in [6, 6.07) is 16.7. The van der Waals surface area contributed by atoms with Crippen molar-refractivity contribution in [3.63, 3.8) is 0 Å². The van der Waals surface area contributed by atoms with E-state index in [1.807, 2.05) is 56.3 Å². The van der Waals surface area contributed by atoms with Gasteiger partial charge in [-0.05, 0) is 62.2 Å². The van der Waals surface area contributed by atoms with E-state index >= 15 is 0 Å². The van der Waals surface area contributed by atoms with E-state index in [2.05, 4.69) is 5.32 Å². The third kappa shape index (κ3) is 8.89. The zero-order valence-electron chi connectivity index (χ0n) is 23.9. The normalized spacial score (nSPS) is 10.6. The maximum Gasteiger partial charge on any atom is 0.322 e. The Labute approximate surface area is 240 Å². The Kier molecular flexibility index (Phi) is 12.1. The zero-order valence-corrected chi connectivity index (χ0v) is 24.7. The summed E-state index contributed by atoms with van der Waals surface area (Å²) in [7, 11) is 4.77. The molecule has 0 aliphatic heterocycles. The van der Waals surface area contributed by atoms with Gasteiger partial charge in [-0.3, -0.25) is 4.79 Å². The Hall–Kier alpha value is -3.76. The second kappa shape index (κ2) is 15.7. The molecule has 40 heavy (non-hydrogen) atoms. The van der Waals surface area contributed by atoms with Gasteiger partial charge >= 0.3 is 6.03 Å². The second-order valence-electron chi connectivity index (χ2n) is 9.04. The van der Waals surface area contributed by atoms with Gasteiger partial charge in [-0.25, -0.2) is 4.79 Å². The first-order valence-corrected chi connectivity index (χ1v) is 14.0. The summed E-state index contributed by atoms with van der Waals surface area (Å²) in [5, 5.41) is 2.89. The van der Waals surface area contributed by atoms with Crippen molar-refractivity contribution in [2.75, 3.05) is 59.5 Å². The summed E-state index contributed by atoms with van der Waals surface area (Å²) in [6.07, 6.45) is 0.614. The molecule has 0 spiro atoms. The average molecular weight is 570 g/mol. The van der Waals surface area contributed by atoms with Crippen LogP contribution in [0.15, 0.2) is 54.6 Å². The van der Waals surface area contributed by atoms with Gasteiger partial charge in [-0.15, -0.1) is 11.3 Å². The van der Waals surface area contributed by atoms with Crippen molar-refractivity contribution in [1.29, 1.82) is 0 Å². The number of ether oxygens (including phenoxy) is 4. The molecule has 2 aromatic carbocycles. The molecule has 0 aliphatic carbocycles. The summed E-state index contributed by atoms with van der Waals surface area (Å²) in [5.41, 5.74) is 1.56. The monoisotopic (exact) mass is 569 g/mol. The molecule has 0 bridgehead atoms. The smallest absolute Gasteiger partial charge is 0.322 e. The van der Waals surface area contributed by atoms with Crippen LogP contribution in [0.1, 0.15) is 22.2 Å². The number of thiophene rings is 1. The number of rotatable bonds is 15. The van der Waals surface area contributed by atoms with Crippen LogP contribution >= 0.6 is 11.3 Å². The van der Waals surface area contributed by atoms with Gasteiger partial charge < -0.3 is 34.1 Å². The van der Waals surface area contributed by atoms with Crippen molar-refractivity contribution in [2.24, 2.45) is 0 Å². The largest absolute Gasteiger partial charge is 0.493 e. The standard InChI is InChI=1S/C30H39N3O6S/c1-6-39-26-10-8-7-9-25(26)31-30(35)33(17-18-36-3)21-29(34)32(20-24-13-11-22(2)40-24)16-15-23-12-14-27(37-4)28(19-23)38-5/h7-14,19H,6,15-18,20-21H2,1-5H3,(H,31,35). The number of urea groups is 1. The highest BCUT2D eigenvalue weighted by Gasteiger charge is 2.23. The molecular formula is C30H39N3O6S. The first-order chi connectivity index (χ1) is 19.4. The summed E-state index contributed by atoms with van der Waals surface area (Å²) in [6.45, 7) is 5.78. The number of hydrogen-bond donors (Lipinski definition) is 1. The fraction of sp³-hybridized carbons (Fsp3) is 0.400. The third-order valence-electron chi connectivity index (χ3n) is 6.22. The minimum absolute atomic E-state index is 0.0950. The van der Waals surface area contributed by atoms with Crippen LogP contribution in [0.2, 0.25) is 0 Å². The van der Waals surface area contributed by atoms with Crippen molar-refractivity contribution >= 4 is 29.0 Å². The van der Waals surface area contributed by atoms with E-state index in [9.17, 15) is 9.59 Å². The van der Waals surface area contributed by atoms with E-state index in [4.69, 9.17) is 18.9 Å². The third-order valence-corrected chi connectivity index (χ3v) is 7.21. The van der Waals surface area contributed by atoms with Crippen LogP contribution in [0, 0.1) is 6.92 Å². The van der Waals surface area contributed by atoms with Crippen molar-refractivity contribution in [1.82, 2.24) is 9.80 Å². The number of amides is 3. The molecular weight excluding hydrogens is 530 g/mol. The number of aryl methyl sites for hydroxylation is 1. The number of hydrogen-bond acceptors (Lipinski definition) is 7. The number of nitrogens with zero attached hydrogens (tertiary/aromatic N) is 2. The maximum atomic E-state index is 13.7. The number of carbonyl (C=O) groups is 2. The van der Waals surface area contributed by atoms with E-state index in [0.717, 1.165) is 10.4 Å². The Morgan fingerprint density at radius 2 is 1.68 bits per heavy atom. The van der Waals surface area contributed by atoms with Crippen molar-refractivity contribution in [3.8, 4) is 17.2 Å². The lowest BCUT2D eigenvalue weighted by Gasteiger charge is -2.28. The highest BCUT2D eigenvalue weighted by Crippen LogP contribution is 2.28. The van der Waals surface area contributed by atoms with Crippen LogP contribution in [0.25, 0.3) is 0 Å². The molecule has 0 aliphatic rings. The molecule has 3 rings (SSSR count). The van der Waals surface area contributed by atoms with Crippen LogP contribution in [0.3, 0.4) is 0 Å². The van der Waals surface area contributed by atoms with E-state index in [0.29, 0.717) is 55.7 Å². The topological polar surface area (TPSA) is 89.6 Å². The summed E-state index contributed by atoms with van der Waals surface area (Å²) in [5.74, 6) is 1.71. The number of nitrogens with one attached hydrogen (secondary N) is 1. The SMILES string of the molecule is CCOc1ccccc1NC(=O)N(CCOC)CC(=O)N(CCc1ccc(OC)c(OC)c1)Cc1ccc(C)s1. The van der Waals surface area contributed by atoms with Crippen LogP contribution < -0.4 is 19.5 Å². The highest BCUT2D eigenvalue weighted by atomic mass is 32.1. The van der Waals surface area contributed by atoms with Gasteiger partial charge in [0, 0.05) is 30.0 Å². The quantitative estimate of drug-likeness (QED) is 0.270. The minimum atomic E-state index is -0.399. The van der Waals surface area contributed by atoms with Crippen molar-refractivity contribution < 1.29 is 28.5 Å². The van der Waals surface area contributed by atoms with E-state index in [1.165, 1.54) is 9.78 Å². The highest BCUT2D eigenvalue weighted by molar-refractivity contribution is 7.11. The molecule has 9 nitrogen and oxygen atoms in total. The lowest BCUT2D eigenvalue weighted by molar-refractivity contribution is -0.132. The molecule has 1 heterocycles. The van der Waals surface area contributed by atoms with Gasteiger partial charge in [0.2, 0.25) is 5.91 Å². The minimum Gasteiger partial charge on any atom is -0.493 e. The van der Waals surface area contributed by atoms with Crippen molar-refractivity contribution in [3.05, 3.63) is 69.9 Å². The van der Waals surface area contributed by atoms with Crippen LogP contribution in [0.4, 0.5) is 10.5 Å². The van der Waals surface area contributed by atoms with E-state index in [-0.39, 0.29) is 19.0 Å². The fourth-order valence-electron chi connectivity index (χ4n) is 4.11. The Bertz CT molecular complexity index is 1250. The van der Waals surface area contributed by atoms with Gasteiger partial charge in [0.25, 0.3) is 0 Å². The molecule has 3 aromatic rings. The van der Waals surface area contributed by atoms with Gasteiger partial charge in [-0.1, -0.05) is 18.2 Å². The predicted octanol–water partition coefficient (Wildman–Crippen LogP) is 5.22. The summed E-state index contributed by atoms with van der Waals surface area (Å²) in [4.78, 5) is 32.5. The van der Waals surface area contributed by atoms with Gasteiger partial charge in [0.05, 0.1) is 39.7 Å². The molecule has 0 atom stereocenters. The average Bonchev–Trinajstić information content (AvgIpc) is 3.38. The van der Waals surface area contributed by atoms with Crippen LogP contribution in [-0.2, 0) is 22.5 Å². The molecule has 216 valence electrons. The van der Waals surface area contributed by atoms with Crippen LogP contribution in [0.5, 0.6) is 17.2 Å². The number of benzene rings is 2. The Morgan fingerprint density at radius 3 is 2.35 bits per heavy atom. The molecule has 10 heteroatoms. The first kappa shape index (κ1) is 30.8. The molecule has 0 fully saturated rings. The predicted molar refractivity (Wildman–Crippen MR) is 158 cm³/mol. The lowest BCUT2D eigenvalue weighted by atomic mass is 10.1. The fourth-order valence-corrected chi connectivity index (χ4v) is 5.02. The van der Waals surface area contributed by atoms with Gasteiger partial charge in [0.1, 0.15) is 12.3 Å². The van der Waals surface area contributed by atoms with Gasteiger partial charge in [0.15, 0.2) is 11.5 Å². The second-order valence-corrected chi connectivity index (χ2v) is 10.4. The zero-order chi connectivity index (χ0) is 28.9. The number of para-hydroxylation sites is 2. The molecule has 1 N–H and O–H groups in total. The number of methoxy groups -OCH3 is 3. The maximum absolute atomic E-state index is 13.7. The van der Waals surface area contributed by atoms with E-state index in [1.54, 1.807) is 49.7 Å². The lowest BCUT2D eigenvalue weighted by Crippen LogP contribution is -2.46. The molecule has 0 radical (unpaired) electrons. The molecule has 0 unspecified atom stereocenters.